The molecule has 0 fully saturated rings. The van der Waals surface area contributed by atoms with Crippen LogP contribution in [0.2, 0.25) is 0 Å². The summed E-state index contributed by atoms with van der Waals surface area (Å²) in [4.78, 5) is 9.55. The number of nitrogens with zero attached hydrogens (tertiary/aromatic N) is 2. The van der Waals surface area contributed by atoms with Crippen LogP contribution in [0.1, 0.15) is 39.3 Å². The minimum absolute atomic E-state index is 0.0298. The molecule has 2 aromatic heterocycles. The van der Waals surface area contributed by atoms with Crippen LogP contribution in [-0.2, 0) is 0 Å². The van der Waals surface area contributed by atoms with E-state index < -0.39 is 0 Å². The summed E-state index contributed by atoms with van der Waals surface area (Å²) in [6.45, 7) is 6.69. The zero-order valence-corrected chi connectivity index (χ0v) is 26.5. The molecular formula is C44H36N2. The van der Waals surface area contributed by atoms with Crippen molar-refractivity contribution in [2.75, 3.05) is 0 Å². The second-order valence-electron chi connectivity index (χ2n) is 12.1. The Balaban J connectivity index is 1.54. The number of benzene rings is 5. The van der Waals surface area contributed by atoms with E-state index in [4.69, 9.17) is 9.97 Å². The molecule has 0 saturated carbocycles. The van der Waals surface area contributed by atoms with Gasteiger partial charge in [-0.2, -0.15) is 0 Å². The van der Waals surface area contributed by atoms with Crippen molar-refractivity contribution < 1.29 is 0 Å². The highest BCUT2D eigenvalue weighted by Gasteiger charge is 2.24. The van der Waals surface area contributed by atoms with E-state index in [9.17, 15) is 0 Å². The molecule has 0 amide bonds. The lowest BCUT2D eigenvalue weighted by Gasteiger charge is -2.26. The molecule has 7 rings (SSSR count). The van der Waals surface area contributed by atoms with Gasteiger partial charge >= 0.3 is 0 Å². The first-order valence-corrected chi connectivity index (χ1v) is 15.8. The maximum absolute atomic E-state index is 4.78. The Labute approximate surface area is 272 Å². The molecule has 2 nitrogen and oxygen atoms in total. The van der Waals surface area contributed by atoms with Crippen molar-refractivity contribution >= 4 is 0 Å². The summed E-state index contributed by atoms with van der Waals surface area (Å²) in [6, 6.07) is 52.2. The van der Waals surface area contributed by atoms with E-state index in [0.29, 0.717) is 0 Å². The standard InChI is InChI=1S/C44H36N2/c1-30-22-31(2)43(32(3)23-30)44(39-26-35(33-14-6-4-7-15-33)24-37(28-39)41-18-10-12-20-45-41)40-27-36(34-16-8-5-9-17-34)25-38(29-40)42-19-11-13-21-46-42/h4-29,44H,1-3H3. The molecule has 2 heteroatoms. The van der Waals surface area contributed by atoms with Crippen LogP contribution in [0.4, 0.5) is 0 Å². The van der Waals surface area contributed by atoms with Gasteiger partial charge in [-0.25, -0.2) is 0 Å². The summed E-state index contributed by atoms with van der Waals surface area (Å²) in [5.74, 6) is -0.0298. The highest BCUT2D eigenvalue weighted by molar-refractivity contribution is 5.76. The summed E-state index contributed by atoms with van der Waals surface area (Å²) in [5.41, 5.74) is 16.5. The summed E-state index contributed by atoms with van der Waals surface area (Å²) < 4.78 is 0. The van der Waals surface area contributed by atoms with Crippen LogP contribution >= 0.6 is 0 Å². The Morgan fingerprint density at radius 2 is 0.804 bits per heavy atom. The molecule has 0 unspecified atom stereocenters. The lowest BCUT2D eigenvalue weighted by Crippen LogP contribution is -2.09. The van der Waals surface area contributed by atoms with E-state index in [1.807, 2.05) is 24.5 Å². The van der Waals surface area contributed by atoms with Crippen molar-refractivity contribution in [2.24, 2.45) is 0 Å². The number of aromatic nitrogens is 2. The third kappa shape index (κ3) is 6.03. The molecule has 0 aliphatic rings. The second-order valence-corrected chi connectivity index (χ2v) is 12.1. The quantitative estimate of drug-likeness (QED) is 0.172. The average Bonchev–Trinajstić information content (AvgIpc) is 3.11. The van der Waals surface area contributed by atoms with Crippen LogP contribution in [0.25, 0.3) is 44.8 Å². The van der Waals surface area contributed by atoms with E-state index in [-0.39, 0.29) is 5.92 Å². The summed E-state index contributed by atoms with van der Waals surface area (Å²) in [6.07, 6.45) is 3.75. The first kappa shape index (κ1) is 29.1. The van der Waals surface area contributed by atoms with Crippen molar-refractivity contribution in [1.29, 1.82) is 0 Å². The SMILES string of the molecule is Cc1cc(C)c(C(c2cc(-c3ccccc3)cc(-c3ccccn3)c2)c2cc(-c3ccccc3)cc(-c3ccccn3)c2)c(C)c1. The van der Waals surface area contributed by atoms with Crippen LogP contribution in [0, 0.1) is 20.8 Å². The topological polar surface area (TPSA) is 25.8 Å². The van der Waals surface area contributed by atoms with Crippen LogP contribution in [0.5, 0.6) is 0 Å². The molecule has 0 aliphatic heterocycles. The molecular weight excluding hydrogens is 556 g/mol. The lowest BCUT2D eigenvalue weighted by molar-refractivity contribution is 0.946. The van der Waals surface area contributed by atoms with E-state index in [0.717, 1.165) is 22.5 Å². The normalized spacial score (nSPS) is 11.1. The molecule has 0 radical (unpaired) electrons. The van der Waals surface area contributed by atoms with Crippen molar-refractivity contribution in [3.05, 3.63) is 191 Å². The minimum atomic E-state index is -0.0298. The summed E-state index contributed by atoms with van der Waals surface area (Å²) in [5, 5.41) is 0. The molecule has 0 aliphatic carbocycles. The Morgan fingerprint density at radius 1 is 0.391 bits per heavy atom. The minimum Gasteiger partial charge on any atom is -0.256 e. The fraction of sp³-hybridized carbons (Fsp3) is 0.0909. The van der Waals surface area contributed by atoms with Crippen molar-refractivity contribution in [3.63, 3.8) is 0 Å². The number of hydrogen-bond acceptors (Lipinski definition) is 2. The first-order valence-electron chi connectivity index (χ1n) is 15.8. The highest BCUT2D eigenvalue weighted by atomic mass is 14.7. The van der Waals surface area contributed by atoms with Gasteiger partial charge in [0, 0.05) is 29.4 Å². The number of rotatable bonds is 7. The zero-order valence-electron chi connectivity index (χ0n) is 26.5. The van der Waals surface area contributed by atoms with Crippen molar-refractivity contribution in [2.45, 2.75) is 26.7 Å². The number of hydrogen-bond donors (Lipinski definition) is 0. The van der Waals surface area contributed by atoms with Gasteiger partial charge in [0.15, 0.2) is 0 Å². The molecule has 0 atom stereocenters. The largest absolute Gasteiger partial charge is 0.256 e. The fourth-order valence-corrected chi connectivity index (χ4v) is 6.77. The van der Waals surface area contributed by atoms with Gasteiger partial charge in [0.1, 0.15) is 0 Å². The Hall–Kier alpha value is -5.60. The van der Waals surface area contributed by atoms with Gasteiger partial charge in [-0.15, -0.1) is 0 Å². The number of pyridine rings is 2. The average molecular weight is 593 g/mol. The predicted octanol–water partition coefficient (Wildman–Crippen LogP) is 11.3. The molecule has 46 heavy (non-hydrogen) atoms. The predicted molar refractivity (Wildman–Crippen MR) is 192 cm³/mol. The monoisotopic (exact) mass is 592 g/mol. The molecule has 0 bridgehead atoms. The van der Waals surface area contributed by atoms with Gasteiger partial charge in [0.05, 0.1) is 11.4 Å². The molecule has 2 heterocycles. The second kappa shape index (κ2) is 12.8. The van der Waals surface area contributed by atoms with Crippen molar-refractivity contribution in [3.8, 4) is 44.8 Å². The van der Waals surface area contributed by atoms with Crippen LogP contribution in [-0.4, -0.2) is 9.97 Å². The van der Waals surface area contributed by atoms with Gasteiger partial charge in [-0.1, -0.05) is 103 Å². The molecule has 0 saturated heterocycles. The third-order valence-electron chi connectivity index (χ3n) is 8.74. The fourth-order valence-electron chi connectivity index (χ4n) is 6.77. The van der Waals surface area contributed by atoms with E-state index in [1.165, 1.54) is 55.6 Å². The molecule has 7 aromatic rings. The van der Waals surface area contributed by atoms with Crippen LogP contribution in [0.3, 0.4) is 0 Å². The molecule has 0 N–H and O–H groups in total. The first-order chi connectivity index (χ1) is 22.5. The summed E-state index contributed by atoms with van der Waals surface area (Å²) >= 11 is 0. The van der Waals surface area contributed by atoms with Gasteiger partial charge in [0.25, 0.3) is 0 Å². The van der Waals surface area contributed by atoms with Gasteiger partial charge in [-0.3, -0.25) is 9.97 Å². The van der Waals surface area contributed by atoms with Crippen LogP contribution in [0.15, 0.2) is 158 Å². The highest BCUT2D eigenvalue weighted by Crippen LogP contribution is 2.42. The van der Waals surface area contributed by atoms with Crippen molar-refractivity contribution in [1.82, 2.24) is 9.97 Å². The third-order valence-corrected chi connectivity index (χ3v) is 8.74. The maximum atomic E-state index is 4.78. The zero-order chi connectivity index (χ0) is 31.5. The van der Waals surface area contributed by atoms with Gasteiger partial charge in [-0.05, 0) is 119 Å². The Bertz CT molecular complexity index is 1840. The smallest absolute Gasteiger partial charge is 0.0702 e. The van der Waals surface area contributed by atoms with Crippen LogP contribution < -0.4 is 0 Å². The van der Waals surface area contributed by atoms with Gasteiger partial charge in [0.2, 0.25) is 0 Å². The van der Waals surface area contributed by atoms with E-state index >= 15 is 0 Å². The molecule has 0 spiro atoms. The molecule has 222 valence electrons. The van der Waals surface area contributed by atoms with Gasteiger partial charge < -0.3 is 0 Å². The number of aryl methyl sites for hydroxylation is 3. The molecule has 5 aromatic carbocycles. The Kier molecular flexibility index (Phi) is 8.10. The Morgan fingerprint density at radius 3 is 1.22 bits per heavy atom. The lowest BCUT2D eigenvalue weighted by atomic mass is 9.77. The summed E-state index contributed by atoms with van der Waals surface area (Å²) in [7, 11) is 0. The maximum Gasteiger partial charge on any atom is 0.0702 e. The van der Waals surface area contributed by atoms with E-state index in [1.54, 1.807) is 0 Å². The van der Waals surface area contributed by atoms with E-state index in [2.05, 4.69) is 154 Å².